The molecule has 0 N–H and O–H groups in total. The Bertz CT molecular complexity index is 1230. The average Bonchev–Trinajstić information content (AvgIpc) is 3.00. The largest absolute Gasteiger partial charge is 0.497 e. The molecule has 9 heteroatoms. The lowest BCUT2D eigenvalue weighted by atomic mass is 9.88. The van der Waals surface area contributed by atoms with E-state index in [4.69, 9.17) is 19.4 Å². The highest BCUT2D eigenvalue weighted by Crippen LogP contribution is 2.37. The van der Waals surface area contributed by atoms with Crippen molar-refractivity contribution in [1.29, 1.82) is 5.26 Å². The van der Waals surface area contributed by atoms with Gasteiger partial charge in [0.05, 0.1) is 38.4 Å². The first kappa shape index (κ1) is 28.2. The van der Waals surface area contributed by atoms with Crippen molar-refractivity contribution in [2.75, 3.05) is 50.2 Å². The van der Waals surface area contributed by atoms with Crippen LogP contribution in [0.2, 0.25) is 0 Å². The number of aryl methyl sites for hydroxylation is 1. The van der Waals surface area contributed by atoms with E-state index < -0.39 is 0 Å². The number of carbonyl (C=O) groups excluding carboxylic acids is 1. The summed E-state index contributed by atoms with van der Waals surface area (Å²) in [6.45, 7) is 10.4. The summed E-state index contributed by atoms with van der Waals surface area (Å²) in [4.78, 5) is 28.4. The van der Waals surface area contributed by atoms with Gasteiger partial charge in [-0.1, -0.05) is 20.4 Å². The highest BCUT2D eigenvalue weighted by atomic mass is 16.5. The number of rotatable bonds is 6. The Kier molecular flexibility index (Phi) is 9.28. The number of anilines is 2. The number of amides is 1. The van der Waals surface area contributed by atoms with Crippen LogP contribution in [-0.2, 0) is 24.1 Å². The van der Waals surface area contributed by atoms with Crippen LogP contribution in [0.5, 0.6) is 11.8 Å². The first-order chi connectivity index (χ1) is 19.1. The predicted octanol–water partition coefficient (Wildman–Crippen LogP) is 3.95. The first-order valence-corrected chi connectivity index (χ1v) is 14.0. The fraction of sp³-hybridized carbons (Fsp3) is 0.533. The molecule has 0 spiro atoms. The smallest absolute Gasteiger partial charge is 0.318 e. The Balaban J connectivity index is 0.00000172. The molecule has 1 fully saturated rings. The van der Waals surface area contributed by atoms with Crippen molar-refractivity contribution in [3.63, 3.8) is 0 Å². The summed E-state index contributed by atoms with van der Waals surface area (Å²) in [6, 6.07) is 9.13. The van der Waals surface area contributed by atoms with Gasteiger partial charge in [0.2, 0.25) is 5.91 Å². The molecular formula is C30H40N6O3. The van der Waals surface area contributed by atoms with E-state index in [0.717, 1.165) is 61.5 Å². The van der Waals surface area contributed by atoms with Crippen molar-refractivity contribution in [2.24, 2.45) is 0 Å². The lowest BCUT2D eigenvalue weighted by Crippen LogP contribution is -2.55. The summed E-state index contributed by atoms with van der Waals surface area (Å²) in [5.41, 5.74) is 4.82. The zero-order valence-corrected chi connectivity index (χ0v) is 23.7. The van der Waals surface area contributed by atoms with Crippen molar-refractivity contribution in [2.45, 2.75) is 64.5 Å². The number of hydrogen-bond donors (Lipinski definition) is 0. The minimum atomic E-state index is -0.209. The van der Waals surface area contributed by atoms with Gasteiger partial charge < -0.3 is 24.2 Å². The van der Waals surface area contributed by atoms with Crippen LogP contribution in [0.15, 0.2) is 30.9 Å². The van der Waals surface area contributed by atoms with E-state index in [1.54, 1.807) is 19.1 Å². The molecule has 1 aromatic carbocycles. The number of nitriles is 1. The third-order valence-electron chi connectivity index (χ3n) is 7.84. The monoisotopic (exact) mass is 532 g/mol. The zero-order chi connectivity index (χ0) is 27.9. The number of aromatic nitrogens is 2. The van der Waals surface area contributed by atoms with Gasteiger partial charge in [-0.05, 0) is 55.5 Å². The van der Waals surface area contributed by atoms with Crippen molar-refractivity contribution < 1.29 is 14.3 Å². The summed E-state index contributed by atoms with van der Waals surface area (Å²) in [6.07, 6.45) is 6.48. The highest BCUT2D eigenvalue weighted by Gasteiger charge is 2.35. The van der Waals surface area contributed by atoms with Gasteiger partial charge in [-0.15, -0.1) is 0 Å². The average molecular weight is 533 g/mol. The fourth-order valence-corrected chi connectivity index (χ4v) is 6.02. The Hall–Kier alpha value is -3.80. The molecule has 1 amide bonds. The molecule has 208 valence electrons. The van der Waals surface area contributed by atoms with Crippen molar-refractivity contribution in [1.82, 2.24) is 14.9 Å². The number of methoxy groups -OCH3 is 2. The first-order valence-electron chi connectivity index (χ1n) is 14.0. The predicted molar refractivity (Wildman–Crippen MR) is 153 cm³/mol. The van der Waals surface area contributed by atoms with E-state index in [0.29, 0.717) is 31.7 Å². The van der Waals surface area contributed by atoms with E-state index in [-0.39, 0.29) is 18.4 Å². The minimum Gasteiger partial charge on any atom is -0.497 e. The van der Waals surface area contributed by atoms with Crippen LogP contribution in [0, 0.1) is 11.3 Å². The van der Waals surface area contributed by atoms with Crippen molar-refractivity contribution in [3.05, 3.63) is 47.7 Å². The normalized spacial score (nSPS) is 20.0. The fourth-order valence-electron chi connectivity index (χ4n) is 6.02. The second-order valence-corrected chi connectivity index (χ2v) is 9.85. The van der Waals surface area contributed by atoms with Crippen LogP contribution in [0.1, 0.15) is 49.9 Å². The van der Waals surface area contributed by atoms with Gasteiger partial charge in [0.15, 0.2) is 0 Å². The number of benzene rings is 1. The van der Waals surface area contributed by atoms with Crippen LogP contribution in [0.25, 0.3) is 0 Å². The summed E-state index contributed by atoms with van der Waals surface area (Å²) in [5.74, 6) is 1.64. The second-order valence-electron chi connectivity index (χ2n) is 9.85. The number of hydrogen-bond acceptors (Lipinski definition) is 8. The number of ether oxygens (including phenoxy) is 2. The molecule has 3 heterocycles. The van der Waals surface area contributed by atoms with Gasteiger partial charge in [-0.25, -0.2) is 0 Å². The lowest BCUT2D eigenvalue weighted by molar-refractivity contribution is -0.128. The van der Waals surface area contributed by atoms with Crippen molar-refractivity contribution >= 4 is 17.4 Å². The molecule has 2 aliphatic heterocycles. The summed E-state index contributed by atoms with van der Waals surface area (Å²) >= 11 is 0. The maximum absolute atomic E-state index is 12.4. The van der Waals surface area contributed by atoms with E-state index in [9.17, 15) is 10.1 Å². The molecule has 0 radical (unpaired) electrons. The second kappa shape index (κ2) is 12.8. The molecule has 9 nitrogen and oxygen atoms in total. The van der Waals surface area contributed by atoms with E-state index in [2.05, 4.69) is 34.6 Å². The number of nitrogens with zero attached hydrogens (tertiary/aromatic N) is 6. The Morgan fingerprint density at radius 1 is 1.18 bits per heavy atom. The van der Waals surface area contributed by atoms with Crippen LogP contribution in [-0.4, -0.2) is 73.3 Å². The molecule has 1 saturated heterocycles. The van der Waals surface area contributed by atoms with Crippen molar-refractivity contribution in [3.8, 4) is 17.8 Å². The zero-order valence-electron chi connectivity index (χ0n) is 23.7. The third kappa shape index (κ3) is 5.80. The van der Waals surface area contributed by atoms with Crippen LogP contribution < -0.4 is 19.3 Å². The molecule has 1 aromatic heterocycles. The minimum absolute atomic E-state index is 0.135. The van der Waals surface area contributed by atoms with Gasteiger partial charge in [0.25, 0.3) is 0 Å². The Labute approximate surface area is 232 Å². The van der Waals surface area contributed by atoms with Gasteiger partial charge >= 0.3 is 6.01 Å². The number of fused-ring (bicyclic) bond motifs is 2. The van der Waals surface area contributed by atoms with E-state index >= 15 is 0 Å². The van der Waals surface area contributed by atoms with Gasteiger partial charge in [-0.3, -0.25) is 4.79 Å². The quantitative estimate of drug-likeness (QED) is 0.517. The summed E-state index contributed by atoms with van der Waals surface area (Å²) in [5, 5.41) is 9.38. The molecule has 39 heavy (non-hydrogen) atoms. The molecule has 0 saturated carbocycles. The summed E-state index contributed by atoms with van der Waals surface area (Å²) < 4.78 is 11.0. The number of carbonyl (C=O) groups is 1. The van der Waals surface area contributed by atoms with Gasteiger partial charge in [-0.2, -0.15) is 15.2 Å². The third-order valence-corrected chi connectivity index (χ3v) is 7.84. The molecule has 1 unspecified atom stereocenters. The molecule has 2 atom stereocenters. The lowest BCUT2D eigenvalue weighted by Gasteiger charge is -2.43. The maximum Gasteiger partial charge on any atom is 0.318 e. The Morgan fingerprint density at radius 2 is 2.00 bits per heavy atom. The molecule has 0 bridgehead atoms. The molecule has 5 rings (SSSR count). The van der Waals surface area contributed by atoms with Crippen LogP contribution in [0.4, 0.5) is 11.5 Å². The van der Waals surface area contributed by atoms with Gasteiger partial charge in [0, 0.05) is 49.9 Å². The van der Waals surface area contributed by atoms with Crippen LogP contribution >= 0.6 is 0 Å². The number of piperazine rings is 1. The van der Waals surface area contributed by atoms with Gasteiger partial charge in [0.1, 0.15) is 11.6 Å². The standard InChI is InChI=1S/C28H34N6O3.C2H6/c1-4-26(35)34-15-14-32(18-21(34)11-12-29)27-23-9-7-20(17-24(23)30-28(31-27)37-3)33-13-5-6-19-16-22(36-2)8-10-25(19)33;1-2/h4,8,10,16,20-21H,1,5-7,9,11,13-15,17-18H2,2-3H3;1-2H3/t20?,21-;/m0./s1. The molecule has 2 aromatic rings. The SMILES string of the molecule is C=CC(=O)N1CCN(c2nc(OC)nc3c2CCC(N2CCCc4cc(OC)ccc42)C3)C[C@@H]1CC#N.CC. The molecular weight excluding hydrogens is 492 g/mol. The summed E-state index contributed by atoms with van der Waals surface area (Å²) in [7, 11) is 3.31. The van der Waals surface area contributed by atoms with E-state index in [1.165, 1.54) is 17.3 Å². The molecule has 3 aliphatic rings. The highest BCUT2D eigenvalue weighted by molar-refractivity contribution is 5.87. The van der Waals surface area contributed by atoms with Crippen LogP contribution in [0.3, 0.4) is 0 Å². The Morgan fingerprint density at radius 3 is 2.72 bits per heavy atom. The topological polar surface area (TPSA) is 94.8 Å². The maximum atomic E-state index is 12.4. The van der Waals surface area contributed by atoms with E-state index in [1.807, 2.05) is 19.9 Å². The molecule has 1 aliphatic carbocycles.